The third-order valence-electron chi connectivity index (χ3n) is 4.82. The average molecular weight is 383 g/mol. The third-order valence-corrected chi connectivity index (χ3v) is 4.82. The number of pyridine rings is 2. The third kappa shape index (κ3) is 3.34. The standard InChI is InChI=1S/C20H21N3O5/c1-23-16(12-8-4-6-10-21-12)14(19(25)27-2)18(24)15(20(26)28-3)17(23)13-9-5-7-11-22-13/h4-11,14,16-17,24H,1-3H3. The minimum atomic E-state index is -1.14. The van der Waals surface area contributed by atoms with E-state index >= 15 is 0 Å². The summed E-state index contributed by atoms with van der Waals surface area (Å²) < 4.78 is 9.79. The molecule has 1 N–H and O–H groups in total. The first-order valence-corrected chi connectivity index (χ1v) is 8.64. The Balaban J connectivity index is 2.26. The number of hydrogen-bond acceptors (Lipinski definition) is 8. The van der Waals surface area contributed by atoms with Crippen LogP contribution >= 0.6 is 0 Å². The zero-order chi connectivity index (χ0) is 20.3. The number of carbonyl (C=O) groups excluding carboxylic acids is 2. The minimum absolute atomic E-state index is 0.0497. The Labute approximate surface area is 162 Å². The summed E-state index contributed by atoms with van der Waals surface area (Å²) in [5.41, 5.74) is 1.03. The zero-order valence-corrected chi connectivity index (χ0v) is 15.8. The topological polar surface area (TPSA) is 102 Å². The summed E-state index contributed by atoms with van der Waals surface area (Å²) in [4.78, 5) is 35.6. The number of carbonyl (C=O) groups is 2. The molecule has 3 unspecified atom stereocenters. The Bertz CT molecular complexity index is 885. The molecule has 8 heteroatoms. The van der Waals surface area contributed by atoms with Crippen molar-refractivity contribution in [3.63, 3.8) is 0 Å². The number of aromatic nitrogens is 2. The predicted molar refractivity (Wildman–Crippen MR) is 98.9 cm³/mol. The summed E-state index contributed by atoms with van der Waals surface area (Å²) in [7, 11) is 4.19. The van der Waals surface area contributed by atoms with E-state index in [2.05, 4.69) is 9.97 Å². The predicted octanol–water partition coefficient (Wildman–Crippen LogP) is 1.98. The Morgan fingerprint density at radius 3 is 2.11 bits per heavy atom. The maximum Gasteiger partial charge on any atom is 0.339 e. The summed E-state index contributed by atoms with van der Waals surface area (Å²) in [6.07, 6.45) is 3.20. The molecule has 0 spiro atoms. The van der Waals surface area contributed by atoms with Gasteiger partial charge in [0, 0.05) is 12.4 Å². The maximum absolute atomic E-state index is 12.6. The SMILES string of the molecule is COC(=O)C1=C(O)C(C(=O)OC)C(c2ccccn2)N(C)C1c1ccccn1. The molecule has 2 aromatic heterocycles. The van der Waals surface area contributed by atoms with Gasteiger partial charge in [-0.2, -0.15) is 0 Å². The number of esters is 2. The van der Waals surface area contributed by atoms with Crippen molar-refractivity contribution in [2.75, 3.05) is 21.3 Å². The molecule has 0 aromatic carbocycles. The molecule has 3 atom stereocenters. The smallest absolute Gasteiger partial charge is 0.339 e. The molecule has 3 rings (SSSR count). The second kappa shape index (κ2) is 8.18. The summed E-state index contributed by atoms with van der Waals surface area (Å²) >= 11 is 0. The van der Waals surface area contributed by atoms with Gasteiger partial charge in [-0.3, -0.25) is 19.7 Å². The lowest BCUT2D eigenvalue weighted by molar-refractivity contribution is -0.149. The Morgan fingerprint density at radius 2 is 1.61 bits per heavy atom. The first-order chi connectivity index (χ1) is 13.5. The van der Waals surface area contributed by atoms with Crippen LogP contribution in [0.5, 0.6) is 0 Å². The van der Waals surface area contributed by atoms with Gasteiger partial charge in [-0.1, -0.05) is 12.1 Å². The van der Waals surface area contributed by atoms with Gasteiger partial charge in [-0.05, 0) is 31.3 Å². The second-order valence-corrected chi connectivity index (χ2v) is 6.31. The highest BCUT2D eigenvalue weighted by atomic mass is 16.5. The van der Waals surface area contributed by atoms with Gasteiger partial charge >= 0.3 is 11.9 Å². The number of hydrogen-bond donors (Lipinski definition) is 1. The van der Waals surface area contributed by atoms with Crippen LogP contribution in [0.1, 0.15) is 23.5 Å². The number of aliphatic hydroxyl groups is 1. The molecule has 0 bridgehead atoms. The minimum Gasteiger partial charge on any atom is -0.511 e. The van der Waals surface area contributed by atoms with E-state index in [1.807, 2.05) is 0 Å². The van der Waals surface area contributed by atoms with E-state index in [1.165, 1.54) is 14.2 Å². The quantitative estimate of drug-likeness (QED) is 0.800. The van der Waals surface area contributed by atoms with E-state index < -0.39 is 35.7 Å². The van der Waals surface area contributed by atoms with Crippen LogP contribution in [-0.2, 0) is 19.1 Å². The zero-order valence-electron chi connectivity index (χ0n) is 15.8. The van der Waals surface area contributed by atoms with Gasteiger partial charge in [0.15, 0.2) is 0 Å². The van der Waals surface area contributed by atoms with Crippen molar-refractivity contribution in [2.45, 2.75) is 12.1 Å². The highest BCUT2D eigenvalue weighted by Crippen LogP contribution is 2.46. The largest absolute Gasteiger partial charge is 0.511 e. The van der Waals surface area contributed by atoms with Gasteiger partial charge in [0.05, 0.1) is 43.3 Å². The molecule has 0 saturated carbocycles. The van der Waals surface area contributed by atoms with E-state index in [1.54, 1.807) is 60.7 Å². The van der Waals surface area contributed by atoms with E-state index in [4.69, 9.17) is 9.47 Å². The molecule has 0 aliphatic carbocycles. The molecule has 2 aromatic rings. The van der Waals surface area contributed by atoms with Gasteiger partial charge in [0.25, 0.3) is 0 Å². The number of likely N-dealkylation sites (N-methyl/N-ethyl adjacent to an activating group) is 1. The van der Waals surface area contributed by atoms with Crippen LogP contribution in [0, 0.1) is 5.92 Å². The van der Waals surface area contributed by atoms with Crippen molar-refractivity contribution in [1.29, 1.82) is 0 Å². The summed E-state index contributed by atoms with van der Waals surface area (Å²) in [6, 6.07) is 9.16. The number of nitrogens with zero attached hydrogens (tertiary/aromatic N) is 3. The van der Waals surface area contributed by atoms with Gasteiger partial charge < -0.3 is 14.6 Å². The lowest BCUT2D eigenvalue weighted by Gasteiger charge is -2.42. The first-order valence-electron chi connectivity index (χ1n) is 8.64. The molecule has 3 heterocycles. The van der Waals surface area contributed by atoms with Gasteiger partial charge in [0.2, 0.25) is 0 Å². The Morgan fingerprint density at radius 1 is 1.00 bits per heavy atom. The normalized spacial score (nSPS) is 22.6. The summed E-state index contributed by atoms with van der Waals surface area (Å²) in [5, 5.41) is 11.0. The van der Waals surface area contributed by atoms with Crippen LogP contribution in [0.15, 0.2) is 60.1 Å². The molecule has 1 aliphatic heterocycles. The van der Waals surface area contributed by atoms with Gasteiger partial charge in [0.1, 0.15) is 11.7 Å². The van der Waals surface area contributed by atoms with E-state index in [0.717, 1.165) is 0 Å². The van der Waals surface area contributed by atoms with Crippen molar-refractivity contribution in [3.8, 4) is 0 Å². The summed E-state index contributed by atoms with van der Waals surface area (Å²) in [6.45, 7) is 0. The molecule has 28 heavy (non-hydrogen) atoms. The van der Waals surface area contributed by atoms with Crippen LogP contribution in [-0.4, -0.2) is 53.2 Å². The highest BCUT2D eigenvalue weighted by molar-refractivity contribution is 5.92. The van der Waals surface area contributed by atoms with Crippen molar-refractivity contribution >= 4 is 11.9 Å². The average Bonchev–Trinajstić information content (AvgIpc) is 2.74. The number of rotatable bonds is 4. The maximum atomic E-state index is 12.6. The Hall–Kier alpha value is -3.26. The molecule has 0 saturated heterocycles. The lowest BCUT2D eigenvalue weighted by Crippen LogP contribution is -2.46. The number of methoxy groups -OCH3 is 2. The molecule has 0 fully saturated rings. The molecule has 1 aliphatic rings. The lowest BCUT2D eigenvalue weighted by atomic mass is 9.82. The fraction of sp³-hybridized carbons (Fsp3) is 0.300. The van der Waals surface area contributed by atoms with E-state index in [0.29, 0.717) is 11.4 Å². The van der Waals surface area contributed by atoms with Crippen LogP contribution < -0.4 is 0 Å². The number of ether oxygens (including phenoxy) is 2. The number of aliphatic hydroxyl groups excluding tert-OH is 1. The molecule has 0 amide bonds. The van der Waals surface area contributed by atoms with Gasteiger partial charge in [-0.25, -0.2) is 4.79 Å². The van der Waals surface area contributed by atoms with Crippen LogP contribution in [0.25, 0.3) is 0 Å². The van der Waals surface area contributed by atoms with Crippen LogP contribution in [0.2, 0.25) is 0 Å². The van der Waals surface area contributed by atoms with Crippen molar-refractivity contribution < 1.29 is 24.2 Å². The molecular weight excluding hydrogens is 362 g/mol. The van der Waals surface area contributed by atoms with Crippen molar-refractivity contribution in [3.05, 3.63) is 71.5 Å². The van der Waals surface area contributed by atoms with Crippen LogP contribution in [0.4, 0.5) is 0 Å². The monoisotopic (exact) mass is 383 g/mol. The fourth-order valence-electron chi connectivity index (χ4n) is 3.57. The van der Waals surface area contributed by atoms with Crippen molar-refractivity contribution in [2.24, 2.45) is 5.92 Å². The van der Waals surface area contributed by atoms with E-state index in [9.17, 15) is 14.7 Å². The van der Waals surface area contributed by atoms with Gasteiger partial charge in [-0.15, -0.1) is 0 Å². The van der Waals surface area contributed by atoms with Crippen LogP contribution in [0.3, 0.4) is 0 Å². The summed E-state index contributed by atoms with van der Waals surface area (Å²) in [5.74, 6) is -2.96. The first kappa shape index (κ1) is 19.5. The highest BCUT2D eigenvalue weighted by Gasteiger charge is 2.49. The molecular formula is C20H21N3O5. The van der Waals surface area contributed by atoms with Crippen molar-refractivity contribution in [1.82, 2.24) is 14.9 Å². The Kier molecular flexibility index (Phi) is 5.70. The fourth-order valence-corrected chi connectivity index (χ4v) is 3.57. The van der Waals surface area contributed by atoms with E-state index in [-0.39, 0.29) is 5.57 Å². The molecule has 146 valence electrons. The second-order valence-electron chi connectivity index (χ2n) is 6.31. The molecule has 8 nitrogen and oxygen atoms in total. The molecule has 0 radical (unpaired) electrons.